The number of halogens is 1. The summed E-state index contributed by atoms with van der Waals surface area (Å²) in [6, 6.07) is 12.6. The number of benzene rings is 2. The predicted molar refractivity (Wildman–Crippen MR) is 127 cm³/mol. The Morgan fingerprint density at radius 2 is 1.79 bits per heavy atom. The van der Waals surface area contributed by atoms with Gasteiger partial charge in [-0.3, -0.25) is 4.79 Å². The smallest absolute Gasteiger partial charge is 0.253 e. The molecule has 0 bridgehead atoms. The number of nitrogens with zero attached hydrogens (tertiary/aromatic N) is 5. The Labute approximate surface area is 193 Å². The summed E-state index contributed by atoms with van der Waals surface area (Å²) in [7, 11) is 5.83. The van der Waals surface area contributed by atoms with Gasteiger partial charge in [0.05, 0.1) is 0 Å². The van der Waals surface area contributed by atoms with Crippen LogP contribution in [0.15, 0.2) is 54.9 Å². The summed E-state index contributed by atoms with van der Waals surface area (Å²) in [5.41, 5.74) is 4.18. The number of anilines is 2. The van der Waals surface area contributed by atoms with Crippen molar-refractivity contribution in [2.24, 2.45) is 0 Å². The molecule has 1 amide bonds. The maximum absolute atomic E-state index is 14.2. The van der Waals surface area contributed by atoms with Gasteiger partial charge in [0.25, 0.3) is 5.91 Å². The molecule has 2 aliphatic rings. The van der Waals surface area contributed by atoms with E-state index in [1.54, 1.807) is 35.5 Å². The fraction of sp³-hybridized carbons (Fsp3) is 0.346. The first-order valence-electron chi connectivity index (χ1n) is 11.3. The molecule has 2 heterocycles. The minimum absolute atomic E-state index is 0.00664. The number of amides is 1. The minimum Gasteiger partial charge on any atom is -0.340 e. The van der Waals surface area contributed by atoms with Crippen LogP contribution in [0.3, 0.4) is 0 Å². The monoisotopic (exact) mass is 445 g/mol. The lowest BCUT2D eigenvalue weighted by Crippen LogP contribution is -2.33. The van der Waals surface area contributed by atoms with Crippen molar-refractivity contribution in [1.29, 1.82) is 0 Å². The van der Waals surface area contributed by atoms with Gasteiger partial charge in [-0.25, -0.2) is 14.4 Å². The molecule has 1 aliphatic heterocycles. The first kappa shape index (κ1) is 21.5. The molecule has 5 rings (SSSR count). The van der Waals surface area contributed by atoms with Gasteiger partial charge in [0, 0.05) is 66.9 Å². The molecule has 170 valence electrons. The van der Waals surface area contributed by atoms with Gasteiger partial charge in [-0.05, 0) is 50.7 Å². The van der Waals surface area contributed by atoms with E-state index < -0.39 is 0 Å². The van der Waals surface area contributed by atoms with E-state index in [0.717, 1.165) is 31.6 Å². The zero-order valence-electron chi connectivity index (χ0n) is 19.3. The average molecular weight is 446 g/mol. The van der Waals surface area contributed by atoms with Crippen LogP contribution in [0.4, 0.5) is 16.0 Å². The van der Waals surface area contributed by atoms with Gasteiger partial charge in [-0.1, -0.05) is 24.3 Å². The molecule has 0 N–H and O–H groups in total. The highest BCUT2D eigenvalue weighted by atomic mass is 19.1. The Morgan fingerprint density at radius 1 is 1.06 bits per heavy atom. The highest BCUT2D eigenvalue weighted by Gasteiger charge is 2.52. The van der Waals surface area contributed by atoms with Gasteiger partial charge >= 0.3 is 0 Å². The fourth-order valence-corrected chi connectivity index (χ4v) is 4.53. The van der Waals surface area contributed by atoms with Crippen molar-refractivity contribution in [3.8, 4) is 11.1 Å². The second kappa shape index (κ2) is 8.23. The van der Waals surface area contributed by atoms with Crippen LogP contribution in [0.25, 0.3) is 11.1 Å². The van der Waals surface area contributed by atoms with Crippen molar-refractivity contribution in [3.63, 3.8) is 0 Å². The summed E-state index contributed by atoms with van der Waals surface area (Å²) < 4.78 is 14.2. The summed E-state index contributed by atoms with van der Waals surface area (Å²) in [6.07, 6.45) is 5.59. The Balaban J connectivity index is 1.44. The number of carbonyl (C=O) groups excluding carboxylic acids is 1. The second-order valence-electron chi connectivity index (χ2n) is 9.38. The standard InChI is InChI=1S/C26H28FN5O/c1-30(2)12-13-31(3)24(33)18-8-9-21-23(14-18)32(17-26(21)10-11-26)25-28-15-19(16-29-25)20-6-4-5-7-22(20)27/h4-9,14-16H,10-13,17H2,1-3H3. The zero-order chi connectivity index (χ0) is 23.2. The summed E-state index contributed by atoms with van der Waals surface area (Å²) in [5.74, 6) is 0.289. The third-order valence-corrected chi connectivity index (χ3v) is 6.71. The quantitative estimate of drug-likeness (QED) is 0.572. The maximum Gasteiger partial charge on any atom is 0.253 e. The number of aromatic nitrogens is 2. The molecule has 0 atom stereocenters. The molecular weight excluding hydrogens is 417 g/mol. The van der Waals surface area contributed by atoms with Crippen LogP contribution in [0.1, 0.15) is 28.8 Å². The molecule has 2 aromatic carbocycles. The van der Waals surface area contributed by atoms with E-state index in [4.69, 9.17) is 0 Å². The molecule has 6 nitrogen and oxygen atoms in total. The highest BCUT2D eigenvalue weighted by Crippen LogP contribution is 2.57. The molecule has 33 heavy (non-hydrogen) atoms. The molecule has 0 radical (unpaired) electrons. The largest absolute Gasteiger partial charge is 0.340 e. The second-order valence-corrected chi connectivity index (χ2v) is 9.38. The van der Waals surface area contributed by atoms with Crippen LogP contribution in [-0.4, -0.2) is 66.5 Å². The zero-order valence-corrected chi connectivity index (χ0v) is 19.3. The molecule has 1 aromatic heterocycles. The SMILES string of the molecule is CN(C)CCN(C)C(=O)c1ccc2c(c1)N(c1ncc(-c3ccccc3F)cn1)CC21CC1. The third kappa shape index (κ3) is 3.97. The lowest BCUT2D eigenvalue weighted by atomic mass is 9.97. The van der Waals surface area contributed by atoms with Crippen LogP contribution in [0.2, 0.25) is 0 Å². The van der Waals surface area contributed by atoms with Gasteiger partial charge in [0.15, 0.2) is 0 Å². The molecule has 7 heteroatoms. The molecule has 3 aromatic rings. The normalized spacial score (nSPS) is 15.7. The van der Waals surface area contributed by atoms with Gasteiger partial charge in [-0.15, -0.1) is 0 Å². The van der Waals surface area contributed by atoms with Crippen molar-refractivity contribution in [1.82, 2.24) is 19.8 Å². The Kier molecular flexibility index (Phi) is 5.37. The van der Waals surface area contributed by atoms with E-state index in [-0.39, 0.29) is 17.1 Å². The van der Waals surface area contributed by atoms with E-state index in [1.165, 1.54) is 11.6 Å². The van der Waals surface area contributed by atoms with Crippen LogP contribution in [0, 0.1) is 5.82 Å². The van der Waals surface area contributed by atoms with Crippen molar-refractivity contribution < 1.29 is 9.18 Å². The lowest BCUT2D eigenvalue weighted by molar-refractivity contribution is 0.0786. The van der Waals surface area contributed by atoms with E-state index >= 15 is 0 Å². The summed E-state index contributed by atoms with van der Waals surface area (Å²) in [6.45, 7) is 2.28. The number of likely N-dealkylation sites (N-methyl/N-ethyl adjacent to an activating group) is 2. The molecule has 1 saturated carbocycles. The maximum atomic E-state index is 14.2. The number of fused-ring (bicyclic) bond motifs is 2. The van der Waals surface area contributed by atoms with Crippen LogP contribution < -0.4 is 4.90 Å². The van der Waals surface area contributed by atoms with E-state index in [2.05, 4.69) is 25.8 Å². The van der Waals surface area contributed by atoms with E-state index in [9.17, 15) is 9.18 Å². The summed E-state index contributed by atoms with van der Waals surface area (Å²) >= 11 is 0. The number of hydrogen-bond acceptors (Lipinski definition) is 5. The van der Waals surface area contributed by atoms with Crippen molar-refractivity contribution in [3.05, 3.63) is 71.8 Å². The van der Waals surface area contributed by atoms with Gasteiger partial charge in [0.2, 0.25) is 5.95 Å². The summed E-state index contributed by atoms with van der Waals surface area (Å²) in [5, 5.41) is 0. The molecule has 1 spiro atoms. The molecule has 0 unspecified atom stereocenters. The average Bonchev–Trinajstić information content (AvgIpc) is 3.53. The minimum atomic E-state index is -0.293. The Bertz CT molecular complexity index is 1190. The molecule has 1 fully saturated rings. The molecule has 1 aliphatic carbocycles. The van der Waals surface area contributed by atoms with Gasteiger partial charge in [0.1, 0.15) is 5.82 Å². The van der Waals surface area contributed by atoms with Crippen LogP contribution in [0.5, 0.6) is 0 Å². The number of rotatable bonds is 6. The molecule has 0 saturated heterocycles. The highest BCUT2D eigenvalue weighted by molar-refractivity contribution is 5.96. The third-order valence-electron chi connectivity index (χ3n) is 6.71. The van der Waals surface area contributed by atoms with Crippen LogP contribution in [-0.2, 0) is 5.41 Å². The first-order chi connectivity index (χ1) is 15.9. The van der Waals surface area contributed by atoms with Crippen molar-refractivity contribution >= 4 is 17.5 Å². The van der Waals surface area contributed by atoms with Crippen LogP contribution >= 0.6 is 0 Å². The number of carbonyl (C=O) groups is 1. The lowest BCUT2D eigenvalue weighted by Gasteiger charge is -2.21. The fourth-order valence-electron chi connectivity index (χ4n) is 4.53. The number of hydrogen-bond donors (Lipinski definition) is 0. The van der Waals surface area contributed by atoms with Crippen molar-refractivity contribution in [2.45, 2.75) is 18.3 Å². The van der Waals surface area contributed by atoms with Gasteiger partial charge < -0.3 is 14.7 Å². The topological polar surface area (TPSA) is 52.6 Å². The Morgan fingerprint density at radius 3 is 2.45 bits per heavy atom. The van der Waals surface area contributed by atoms with Crippen molar-refractivity contribution in [2.75, 3.05) is 45.7 Å². The summed E-state index contributed by atoms with van der Waals surface area (Å²) in [4.78, 5) is 28.1. The Hall–Kier alpha value is -3.32. The van der Waals surface area contributed by atoms with E-state index in [0.29, 0.717) is 29.2 Å². The van der Waals surface area contributed by atoms with Gasteiger partial charge in [-0.2, -0.15) is 0 Å². The predicted octanol–water partition coefficient (Wildman–Crippen LogP) is 4.10. The first-order valence-corrected chi connectivity index (χ1v) is 11.3. The van der Waals surface area contributed by atoms with E-state index in [1.807, 2.05) is 33.3 Å². The molecular formula is C26H28FN5O.